The normalized spacial score (nSPS) is 13.9. The first-order valence-corrected chi connectivity index (χ1v) is 29.9. The van der Waals surface area contributed by atoms with Crippen molar-refractivity contribution in [3.63, 3.8) is 0 Å². The van der Waals surface area contributed by atoms with Crippen LogP contribution in [0.25, 0.3) is 56.3 Å². The van der Waals surface area contributed by atoms with Crippen molar-refractivity contribution in [1.29, 1.82) is 0 Å². The Labute approximate surface area is 534 Å². The molecule has 86 heavy (non-hydrogen) atoms. The highest BCUT2D eigenvalue weighted by Crippen LogP contribution is 2.27. The maximum absolute atomic E-state index is 8.19. The molecule has 0 aliphatic heterocycles. The first kappa shape index (κ1) is 53.3. The third-order valence-electron chi connectivity index (χ3n) is 15.1. The van der Waals surface area contributed by atoms with Crippen molar-refractivity contribution in [3.05, 3.63) is 269 Å². The second-order valence-corrected chi connectivity index (χ2v) is 23.9. The van der Waals surface area contributed by atoms with Crippen LogP contribution in [0.4, 0.5) is 0 Å². The molecule has 5 heteroatoms. The highest BCUT2D eigenvalue weighted by molar-refractivity contribution is 5.64. The Bertz CT molecular complexity index is 4260. The van der Waals surface area contributed by atoms with Crippen LogP contribution in [0.5, 0.6) is 0 Å². The minimum Gasteiger partial charge on any atom is -0.201 e. The SMILES string of the molecule is Cc1ccccc1-c1cc(CC(C)(C)C)cc[n+]1C.[2H]C([2H])(C)c1cc[n+](C)c(-c2ccccc2C)c1.[2H]C([2H])(C)c1ccc(-c2ccccc2C)[n+](C)c1.[2H]C([2H])([2H])C([2H])(C)c1ccc(-c2ccccc2C)[n+](C)c1.[2H]C([2H])(c1ccc(-c2ccccc2C)[n+](C)c1)C(C)C. The van der Waals surface area contributed by atoms with Crippen molar-refractivity contribution in [3.8, 4) is 56.3 Å². The Morgan fingerprint density at radius 2 is 0.733 bits per heavy atom. The van der Waals surface area contributed by atoms with Gasteiger partial charge in [0.05, 0.1) is 0 Å². The number of aromatic nitrogens is 5. The molecular weight excluding hydrogens is 1040 g/mol. The first-order valence-electron chi connectivity index (χ1n) is 34.9. The summed E-state index contributed by atoms with van der Waals surface area (Å²) in [6.45, 7) is 23.4. The van der Waals surface area contributed by atoms with Crippen molar-refractivity contribution in [2.24, 2.45) is 46.6 Å². The Morgan fingerprint density at radius 1 is 0.395 bits per heavy atom. The number of rotatable bonds is 11. The minimum absolute atomic E-state index is 0.0492. The van der Waals surface area contributed by atoms with E-state index in [9.17, 15) is 0 Å². The minimum atomic E-state index is -2.36. The second kappa shape index (κ2) is 31.8. The van der Waals surface area contributed by atoms with E-state index in [1.165, 1.54) is 57.1 Å². The molecule has 10 aromatic rings. The van der Waals surface area contributed by atoms with Crippen molar-refractivity contribution in [2.75, 3.05) is 0 Å². The molecule has 0 N–H and O–H groups in total. The molecule has 10 rings (SSSR count). The van der Waals surface area contributed by atoms with E-state index in [4.69, 9.17) is 13.7 Å². The van der Waals surface area contributed by atoms with Crippen molar-refractivity contribution in [2.45, 2.75) is 128 Å². The molecule has 0 aliphatic rings. The molecule has 5 aromatic carbocycles. The van der Waals surface area contributed by atoms with Crippen LogP contribution in [0.15, 0.2) is 213 Å². The average Bonchev–Trinajstić information content (AvgIpc) is 0.823. The summed E-state index contributed by atoms with van der Waals surface area (Å²) in [5.74, 6) is -1.67. The average molecular weight is 1160 g/mol. The molecule has 0 spiro atoms. The number of nitrogens with zero attached hydrogens (tertiary/aromatic N) is 5. The lowest BCUT2D eigenvalue weighted by Gasteiger charge is -2.18. The fourth-order valence-corrected chi connectivity index (χ4v) is 10.3. The van der Waals surface area contributed by atoms with Gasteiger partial charge in [-0.05, 0) is 165 Å². The van der Waals surface area contributed by atoms with E-state index in [0.717, 1.165) is 51.5 Å². The fourth-order valence-electron chi connectivity index (χ4n) is 10.3. The Balaban J connectivity index is 0.000000190. The lowest BCUT2D eigenvalue weighted by molar-refractivity contribution is -0.661. The third-order valence-corrected chi connectivity index (χ3v) is 15.1. The van der Waals surface area contributed by atoms with Crippen LogP contribution in [0.3, 0.4) is 0 Å². The standard InChI is InChI=1S/C18H24N.C17H22N.C16H20N.2C15H18N/c1-14-8-6-7-9-16(14)17-12-15(10-11-19(17)5)13-18(2,3)4;1-13(2)11-15-9-10-17(18(4)12-15)16-8-6-5-7-14(16)3;1-12(2)14-9-10-16(17(4)11-14)15-8-6-5-7-13(15)3;1-4-13-9-10-16(3)15(11-13)14-8-6-5-7-12(14)2;1-4-13-9-10-15(16(3)11-13)14-8-6-5-7-12(14)2/h6-12H,13H2,1-5H3;5-10,12-13H,11H2,1-4H3;5-12H,1-4H3;2*5-11H,4H2,1-3H3/q5*+1/i;11D2;1D3,12D;2*4D2. The zero-order valence-electron chi connectivity index (χ0n) is 64.7. The highest BCUT2D eigenvalue weighted by Gasteiger charge is 2.19. The van der Waals surface area contributed by atoms with Crippen LogP contribution >= 0.6 is 0 Å². The summed E-state index contributed by atoms with van der Waals surface area (Å²) in [7, 11) is 9.90. The van der Waals surface area contributed by atoms with Crippen molar-refractivity contribution >= 4 is 0 Å². The van der Waals surface area contributed by atoms with Crippen LogP contribution in [-0.4, -0.2) is 0 Å². The Hall–Kier alpha value is -8.15. The molecule has 0 saturated carbocycles. The Kier molecular flexibility index (Phi) is 19.7. The molecule has 446 valence electrons. The summed E-state index contributed by atoms with van der Waals surface area (Å²) in [6.07, 6.45) is 6.77. The Morgan fingerprint density at radius 3 is 1.08 bits per heavy atom. The van der Waals surface area contributed by atoms with Crippen LogP contribution < -0.4 is 22.8 Å². The predicted octanol–water partition coefficient (Wildman–Crippen LogP) is 17.5. The molecule has 0 radical (unpaired) electrons. The molecule has 0 fully saturated rings. The van der Waals surface area contributed by atoms with E-state index in [-0.39, 0.29) is 5.92 Å². The first-order chi connectivity index (χ1) is 44.6. The molecule has 5 aromatic heterocycles. The van der Waals surface area contributed by atoms with Gasteiger partial charge in [0.15, 0.2) is 31.0 Å². The smallest absolute Gasteiger partial charge is 0.201 e. The maximum atomic E-state index is 8.19. The van der Waals surface area contributed by atoms with Crippen LogP contribution in [0.2, 0.25) is 0 Å². The lowest BCUT2D eigenvalue weighted by Crippen LogP contribution is -2.31. The molecule has 5 heterocycles. The van der Waals surface area contributed by atoms with Crippen molar-refractivity contribution < 1.29 is 36.5 Å². The van der Waals surface area contributed by atoms with Crippen molar-refractivity contribution in [1.82, 2.24) is 0 Å². The summed E-state index contributed by atoms with van der Waals surface area (Å²) in [5.41, 5.74) is 21.9. The number of aryl methyl sites for hydroxylation is 12. The monoisotopic (exact) mass is 1150 g/mol. The van der Waals surface area contributed by atoms with Crippen LogP contribution in [-0.2, 0) is 60.8 Å². The van der Waals surface area contributed by atoms with Gasteiger partial charge in [-0.3, -0.25) is 0 Å². The summed E-state index contributed by atoms with van der Waals surface area (Å²) < 4.78 is 88.3. The van der Waals surface area contributed by atoms with Gasteiger partial charge in [-0.1, -0.05) is 153 Å². The predicted molar refractivity (Wildman–Crippen MR) is 364 cm³/mol. The molecule has 1 atom stereocenters. The van der Waals surface area contributed by atoms with Crippen LogP contribution in [0.1, 0.15) is 137 Å². The zero-order valence-corrected chi connectivity index (χ0v) is 54.7. The number of pyridine rings is 5. The number of hydrogen-bond acceptors (Lipinski definition) is 0. The van der Waals surface area contributed by atoms with Crippen LogP contribution in [0, 0.1) is 46.0 Å². The summed E-state index contributed by atoms with van der Waals surface area (Å²) in [4.78, 5) is 0. The summed E-state index contributed by atoms with van der Waals surface area (Å²) >= 11 is 0. The third kappa shape index (κ3) is 19.2. The van der Waals surface area contributed by atoms with Gasteiger partial charge in [0, 0.05) is 101 Å². The quantitative estimate of drug-likeness (QED) is 0.115. The molecule has 5 nitrogen and oxygen atoms in total. The molecule has 0 amide bonds. The van der Waals surface area contributed by atoms with Gasteiger partial charge < -0.3 is 0 Å². The number of benzene rings is 5. The molecule has 0 bridgehead atoms. The largest absolute Gasteiger partial charge is 0.212 e. The summed E-state index contributed by atoms with van der Waals surface area (Å²) in [5, 5.41) is 0. The van der Waals surface area contributed by atoms with Gasteiger partial charge in [0.25, 0.3) is 0 Å². The number of hydrogen-bond donors (Lipinski definition) is 0. The topological polar surface area (TPSA) is 19.4 Å². The second-order valence-electron chi connectivity index (χ2n) is 23.9. The van der Waals surface area contributed by atoms with E-state index >= 15 is 0 Å². The fraction of sp³-hybridized carbons (Fsp3) is 0.321. The van der Waals surface area contributed by atoms with Gasteiger partial charge >= 0.3 is 0 Å². The maximum Gasteiger partial charge on any atom is 0.212 e. The molecule has 0 aliphatic carbocycles. The zero-order chi connectivity index (χ0) is 71.5. The van der Waals surface area contributed by atoms with E-state index < -0.39 is 31.9 Å². The van der Waals surface area contributed by atoms with Gasteiger partial charge in [-0.25, -0.2) is 22.8 Å². The summed E-state index contributed by atoms with van der Waals surface area (Å²) in [6, 6.07) is 61.0. The van der Waals surface area contributed by atoms with Gasteiger partial charge in [-0.2, -0.15) is 0 Å². The molecule has 0 saturated heterocycles. The van der Waals surface area contributed by atoms with E-state index in [0.29, 0.717) is 22.1 Å². The highest BCUT2D eigenvalue weighted by atomic mass is 14.9. The van der Waals surface area contributed by atoms with Gasteiger partial charge in [0.1, 0.15) is 35.2 Å². The van der Waals surface area contributed by atoms with Gasteiger partial charge in [-0.15, -0.1) is 0 Å². The molecular formula is C81H102N5+5. The van der Waals surface area contributed by atoms with Gasteiger partial charge in [0.2, 0.25) is 28.5 Å². The van der Waals surface area contributed by atoms with E-state index in [2.05, 4.69) is 139 Å². The molecule has 1 unspecified atom stereocenters. The van der Waals surface area contributed by atoms with E-state index in [1.54, 1.807) is 26.1 Å². The van der Waals surface area contributed by atoms with E-state index in [1.807, 2.05) is 189 Å². The lowest BCUT2D eigenvalue weighted by atomic mass is 9.88.